The lowest BCUT2D eigenvalue weighted by molar-refractivity contribution is 0.464. The summed E-state index contributed by atoms with van der Waals surface area (Å²) >= 11 is 0. The summed E-state index contributed by atoms with van der Waals surface area (Å²) in [6, 6.07) is 6.11. The van der Waals surface area contributed by atoms with Crippen LogP contribution >= 0.6 is 0 Å². The number of phenols is 1. The van der Waals surface area contributed by atoms with Crippen LogP contribution in [0.1, 0.15) is 63.0 Å². The molecule has 0 atom stereocenters. The summed E-state index contributed by atoms with van der Waals surface area (Å²) in [5.74, 6) is 2.41. The zero-order valence-electron chi connectivity index (χ0n) is 10.3. The molecule has 0 unspecified atom stereocenters. The Morgan fingerprint density at radius 1 is 1.06 bits per heavy atom. The van der Waals surface area contributed by atoms with E-state index in [4.69, 9.17) is 0 Å². The van der Waals surface area contributed by atoms with Gasteiger partial charge in [0.25, 0.3) is 0 Å². The molecule has 0 aliphatic heterocycles. The minimum atomic E-state index is 0.393. The van der Waals surface area contributed by atoms with Crippen LogP contribution in [0.4, 0.5) is 0 Å². The van der Waals surface area contributed by atoms with Gasteiger partial charge in [-0.1, -0.05) is 45.2 Å². The quantitative estimate of drug-likeness (QED) is 0.778. The first-order valence-corrected chi connectivity index (χ1v) is 6.36. The molecule has 1 aliphatic rings. The van der Waals surface area contributed by atoms with Gasteiger partial charge in [0.2, 0.25) is 0 Å². The normalized spacial score (nSPS) is 17.9. The fourth-order valence-electron chi connectivity index (χ4n) is 2.50. The van der Waals surface area contributed by atoms with Gasteiger partial charge in [-0.2, -0.15) is 0 Å². The lowest BCUT2D eigenvalue weighted by atomic mass is 9.83. The smallest absolute Gasteiger partial charge is 0.119 e. The van der Waals surface area contributed by atoms with Crippen molar-refractivity contribution in [2.75, 3.05) is 0 Å². The third-order valence-corrected chi connectivity index (χ3v) is 3.51. The van der Waals surface area contributed by atoms with E-state index in [1.54, 1.807) is 5.92 Å². The standard InChI is InChI=1S/C15H21O/c1-11(2)14-10-13(8-9-15(14)16)12-6-4-3-5-7-12/h8-11,16H,3-7H2,1-2H3. The highest BCUT2D eigenvalue weighted by Crippen LogP contribution is 2.35. The molecule has 1 N–H and O–H groups in total. The van der Waals surface area contributed by atoms with Crippen molar-refractivity contribution in [1.82, 2.24) is 0 Å². The number of phenolic OH excluding ortho intramolecular Hbond substituents is 1. The molecular formula is C15H21O. The van der Waals surface area contributed by atoms with E-state index in [1.165, 1.54) is 37.7 Å². The molecule has 1 aromatic carbocycles. The number of benzene rings is 1. The zero-order valence-corrected chi connectivity index (χ0v) is 10.3. The Kier molecular flexibility index (Phi) is 3.52. The van der Waals surface area contributed by atoms with Crippen LogP contribution in [-0.4, -0.2) is 5.11 Å². The molecule has 1 fully saturated rings. The van der Waals surface area contributed by atoms with Crippen LogP contribution in [0.15, 0.2) is 18.2 Å². The number of hydrogen-bond donors (Lipinski definition) is 1. The van der Waals surface area contributed by atoms with Crippen LogP contribution in [0.3, 0.4) is 0 Å². The highest BCUT2D eigenvalue weighted by Gasteiger charge is 2.17. The van der Waals surface area contributed by atoms with Gasteiger partial charge in [-0.3, -0.25) is 0 Å². The van der Waals surface area contributed by atoms with Gasteiger partial charge in [0.1, 0.15) is 5.75 Å². The SMILES string of the molecule is CC(C)c1cc([C]2CCCCC2)ccc1O. The van der Waals surface area contributed by atoms with E-state index in [0.717, 1.165) is 5.56 Å². The topological polar surface area (TPSA) is 20.2 Å². The van der Waals surface area contributed by atoms with Crippen molar-refractivity contribution < 1.29 is 5.11 Å². The van der Waals surface area contributed by atoms with E-state index in [-0.39, 0.29) is 0 Å². The number of hydrogen-bond acceptors (Lipinski definition) is 1. The van der Waals surface area contributed by atoms with Gasteiger partial charge in [0, 0.05) is 5.92 Å². The van der Waals surface area contributed by atoms with Crippen molar-refractivity contribution in [3.05, 3.63) is 35.2 Å². The Balaban J connectivity index is 2.24. The van der Waals surface area contributed by atoms with Crippen molar-refractivity contribution in [3.8, 4) is 5.75 Å². The van der Waals surface area contributed by atoms with Crippen LogP contribution in [0.2, 0.25) is 0 Å². The predicted molar refractivity (Wildman–Crippen MR) is 67.6 cm³/mol. The van der Waals surface area contributed by atoms with Gasteiger partial charge in [0.05, 0.1) is 0 Å². The van der Waals surface area contributed by atoms with Gasteiger partial charge in [-0.05, 0) is 36.0 Å². The molecule has 0 aromatic heterocycles. The Hall–Kier alpha value is -0.980. The maximum atomic E-state index is 9.79. The van der Waals surface area contributed by atoms with Crippen molar-refractivity contribution in [3.63, 3.8) is 0 Å². The average molecular weight is 217 g/mol. The third kappa shape index (κ3) is 2.40. The maximum absolute atomic E-state index is 9.79. The molecule has 1 nitrogen and oxygen atoms in total. The Labute approximate surface area is 98.5 Å². The fraction of sp³-hybridized carbons (Fsp3) is 0.533. The lowest BCUT2D eigenvalue weighted by Gasteiger charge is -2.22. The summed E-state index contributed by atoms with van der Waals surface area (Å²) in [5, 5.41) is 9.79. The number of rotatable bonds is 2. The molecule has 0 saturated heterocycles. The zero-order chi connectivity index (χ0) is 11.5. The molecule has 0 heterocycles. The van der Waals surface area contributed by atoms with Gasteiger partial charge in [-0.15, -0.1) is 0 Å². The van der Waals surface area contributed by atoms with Gasteiger partial charge < -0.3 is 5.11 Å². The van der Waals surface area contributed by atoms with Gasteiger partial charge in [0.15, 0.2) is 0 Å². The van der Waals surface area contributed by atoms with E-state index < -0.39 is 0 Å². The minimum absolute atomic E-state index is 0.393. The molecule has 1 aliphatic carbocycles. The van der Waals surface area contributed by atoms with E-state index in [9.17, 15) is 5.11 Å². The van der Waals surface area contributed by atoms with Gasteiger partial charge >= 0.3 is 0 Å². The maximum Gasteiger partial charge on any atom is 0.119 e. The highest BCUT2D eigenvalue weighted by molar-refractivity contribution is 5.43. The van der Waals surface area contributed by atoms with E-state index >= 15 is 0 Å². The molecule has 87 valence electrons. The Morgan fingerprint density at radius 2 is 1.75 bits per heavy atom. The van der Waals surface area contributed by atoms with Gasteiger partial charge in [-0.25, -0.2) is 0 Å². The molecular weight excluding hydrogens is 196 g/mol. The van der Waals surface area contributed by atoms with Crippen molar-refractivity contribution >= 4 is 0 Å². The van der Waals surface area contributed by atoms with Crippen molar-refractivity contribution in [2.45, 2.75) is 51.9 Å². The first-order valence-electron chi connectivity index (χ1n) is 6.36. The second-order valence-corrected chi connectivity index (χ2v) is 5.09. The fourth-order valence-corrected chi connectivity index (χ4v) is 2.50. The second kappa shape index (κ2) is 4.90. The molecule has 16 heavy (non-hydrogen) atoms. The largest absolute Gasteiger partial charge is 0.508 e. The van der Waals surface area contributed by atoms with E-state index in [2.05, 4.69) is 26.0 Å². The van der Waals surface area contributed by atoms with Crippen LogP contribution in [0.5, 0.6) is 5.75 Å². The second-order valence-electron chi connectivity index (χ2n) is 5.09. The molecule has 0 bridgehead atoms. The van der Waals surface area contributed by atoms with Crippen LogP contribution in [0, 0.1) is 5.92 Å². The van der Waals surface area contributed by atoms with Crippen molar-refractivity contribution in [2.24, 2.45) is 0 Å². The monoisotopic (exact) mass is 217 g/mol. The summed E-state index contributed by atoms with van der Waals surface area (Å²) in [4.78, 5) is 0. The van der Waals surface area contributed by atoms with E-state index in [0.29, 0.717) is 11.7 Å². The highest BCUT2D eigenvalue weighted by atomic mass is 16.3. The Morgan fingerprint density at radius 3 is 2.38 bits per heavy atom. The summed E-state index contributed by atoms with van der Waals surface area (Å²) in [7, 11) is 0. The molecule has 0 spiro atoms. The summed E-state index contributed by atoms with van der Waals surface area (Å²) in [6.45, 7) is 4.26. The number of aromatic hydroxyl groups is 1. The first-order chi connectivity index (χ1) is 7.68. The van der Waals surface area contributed by atoms with Crippen molar-refractivity contribution in [1.29, 1.82) is 0 Å². The molecule has 1 radical (unpaired) electrons. The summed E-state index contributed by atoms with van der Waals surface area (Å²) in [5.41, 5.74) is 2.43. The lowest BCUT2D eigenvalue weighted by Crippen LogP contribution is -2.06. The first kappa shape index (κ1) is 11.5. The summed E-state index contributed by atoms with van der Waals surface area (Å²) in [6.07, 6.45) is 6.50. The molecule has 1 heteroatoms. The van der Waals surface area contributed by atoms with E-state index in [1.807, 2.05) is 6.07 Å². The average Bonchev–Trinajstić information content (AvgIpc) is 2.30. The Bertz CT molecular complexity index is 348. The predicted octanol–water partition coefficient (Wildman–Crippen LogP) is 4.40. The minimum Gasteiger partial charge on any atom is -0.508 e. The van der Waals surface area contributed by atoms with Crippen LogP contribution in [-0.2, 0) is 0 Å². The van der Waals surface area contributed by atoms with Crippen LogP contribution in [0.25, 0.3) is 0 Å². The molecule has 1 saturated carbocycles. The molecule has 2 rings (SSSR count). The molecule has 0 amide bonds. The summed E-state index contributed by atoms with van der Waals surface area (Å²) < 4.78 is 0. The van der Waals surface area contributed by atoms with Crippen LogP contribution < -0.4 is 0 Å². The molecule has 1 aromatic rings. The third-order valence-electron chi connectivity index (χ3n) is 3.51.